The minimum Gasteiger partial charge on any atom is -0.480 e. The number of carbonyl (C=O) groups is 1. The van der Waals surface area contributed by atoms with E-state index in [4.69, 9.17) is 5.11 Å². The molecule has 0 aliphatic heterocycles. The standard InChI is InChI=1S/C9H13N3O2/c1-3-4-10-8(9(13)14)7-5-11-12(2)6-7/h3,5-6,8,10H,1,4H2,2H3,(H,13,14). The third-order valence-electron chi connectivity index (χ3n) is 1.77. The lowest BCUT2D eigenvalue weighted by Gasteiger charge is -2.10. The van der Waals surface area contributed by atoms with Crippen molar-refractivity contribution in [1.82, 2.24) is 15.1 Å². The number of carboxylic acids is 1. The Morgan fingerprint density at radius 2 is 2.64 bits per heavy atom. The maximum Gasteiger partial charge on any atom is 0.325 e. The van der Waals surface area contributed by atoms with Crippen molar-refractivity contribution in [1.29, 1.82) is 0 Å². The molecule has 1 heterocycles. The molecule has 5 nitrogen and oxygen atoms in total. The minimum absolute atomic E-state index is 0.450. The molecule has 1 atom stereocenters. The Morgan fingerprint density at radius 1 is 1.93 bits per heavy atom. The van der Waals surface area contributed by atoms with Crippen molar-refractivity contribution >= 4 is 5.97 Å². The molecule has 1 aromatic heterocycles. The van der Waals surface area contributed by atoms with Crippen LogP contribution in [0.4, 0.5) is 0 Å². The van der Waals surface area contributed by atoms with Crippen LogP contribution in [0.1, 0.15) is 11.6 Å². The first kappa shape index (κ1) is 10.5. The molecule has 1 aromatic rings. The van der Waals surface area contributed by atoms with Gasteiger partial charge >= 0.3 is 5.97 Å². The molecule has 0 saturated heterocycles. The van der Waals surface area contributed by atoms with Crippen LogP contribution in [-0.2, 0) is 11.8 Å². The van der Waals surface area contributed by atoms with Gasteiger partial charge in [0.1, 0.15) is 6.04 Å². The summed E-state index contributed by atoms with van der Waals surface area (Å²) in [6, 6.07) is -0.721. The van der Waals surface area contributed by atoms with Gasteiger partial charge in [-0.1, -0.05) is 6.08 Å². The number of carboxylic acid groups (broad SMARTS) is 1. The molecule has 1 unspecified atom stereocenters. The maximum atomic E-state index is 10.9. The fraction of sp³-hybridized carbons (Fsp3) is 0.333. The van der Waals surface area contributed by atoms with Crippen molar-refractivity contribution in [3.8, 4) is 0 Å². The van der Waals surface area contributed by atoms with Gasteiger partial charge in [0.25, 0.3) is 0 Å². The van der Waals surface area contributed by atoms with Gasteiger partial charge in [-0.2, -0.15) is 5.10 Å². The number of nitrogens with zero attached hydrogens (tertiary/aromatic N) is 2. The second-order valence-corrected chi connectivity index (χ2v) is 2.92. The lowest BCUT2D eigenvalue weighted by atomic mass is 10.1. The third-order valence-corrected chi connectivity index (χ3v) is 1.77. The minimum atomic E-state index is -0.917. The molecule has 0 spiro atoms. The van der Waals surface area contributed by atoms with Crippen LogP contribution in [0.2, 0.25) is 0 Å². The molecule has 0 amide bonds. The maximum absolute atomic E-state index is 10.9. The van der Waals surface area contributed by atoms with Gasteiger partial charge in [0, 0.05) is 25.4 Å². The highest BCUT2D eigenvalue weighted by atomic mass is 16.4. The highest BCUT2D eigenvalue weighted by Gasteiger charge is 2.19. The summed E-state index contributed by atoms with van der Waals surface area (Å²) in [5.41, 5.74) is 0.641. The predicted octanol–water partition coefficient (Wildman–Crippen LogP) is 0.321. The highest BCUT2D eigenvalue weighted by molar-refractivity contribution is 5.75. The summed E-state index contributed by atoms with van der Waals surface area (Å²) < 4.78 is 1.57. The Morgan fingerprint density at radius 3 is 3.07 bits per heavy atom. The van der Waals surface area contributed by atoms with E-state index in [1.807, 2.05) is 0 Å². The van der Waals surface area contributed by atoms with Crippen LogP contribution in [0.5, 0.6) is 0 Å². The largest absolute Gasteiger partial charge is 0.480 e. The molecule has 0 fully saturated rings. The van der Waals surface area contributed by atoms with Gasteiger partial charge in [-0.3, -0.25) is 14.8 Å². The molecule has 0 saturated carbocycles. The summed E-state index contributed by atoms with van der Waals surface area (Å²) in [7, 11) is 1.75. The van der Waals surface area contributed by atoms with Gasteiger partial charge in [0.2, 0.25) is 0 Å². The second kappa shape index (κ2) is 4.57. The monoisotopic (exact) mass is 195 g/mol. The third kappa shape index (κ3) is 2.43. The Labute approximate surface area is 82.0 Å². The number of hydrogen-bond acceptors (Lipinski definition) is 3. The normalized spacial score (nSPS) is 12.4. The zero-order valence-electron chi connectivity index (χ0n) is 7.97. The van der Waals surface area contributed by atoms with E-state index in [0.29, 0.717) is 12.1 Å². The highest BCUT2D eigenvalue weighted by Crippen LogP contribution is 2.11. The van der Waals surface area contributed by atoms with Crippen LogP contribution in [-0.4, -0.2) is 27.4 Å². The molecule has 2 N–H and O–H groups in total. The van der Waals surface area contributed by atoms with Gasteiger partial charge in [-0.25, -0.2) is 0 Å². The van der Waals surface area contributed by atoms with Crippen LogP contribution in [0.3, 0.4) is 0 Å². The van der Waals surface area contributed by atoms with E-state index in [0.717, 1.165) is 0 Å². The molecule has 0 radical (unpaired) electrons. The molecule has 0 aliphatic carbocycles. The van der Waals surface area contributed by atoms with E-state index in [9.17, 15) is 4.79 Å². The van der Waals surface area contributed by atoms with Crippen molar-refractivity contribution in [2.45, 2.75) is 6.04 Å². The predicted molar refractivity (Wildman–Crippen MR) is 51.8 cm³/mol. The first-order valence-corrected chi connectivity index (χ1v) is 4.20. The number of aliphatic carboxylic acids is 1. The van der Waals surface area contributed by atoms with E-state index in [2.05, 4.69) is 17.0 Å². The smallest absolute Gasteiger partial charge is 0.325 e. The molecular weight excluding hydrogens is 182 g/mol. The molecule has 76 valence electrons. The number of aromatic nitrogens is 2. The Balaban J connectivity index is 2.77. The molecule has 14 heavy (non-hydrogen) atoms. The van der Waals surface area contributed by atoms with Gasteiger partial charge in [0.05, 0.1) is 6.20 Å². The van der Waals surface area contributed by atoms with E-state index >= 15 is 0 Å². The molecule has 1 rings (SSSR count). The second-order valence-electron chi connectivity index (χ2n) is 2.92. The Bertz CT molecular complexity index is 333. The summed E-state index contributed by atoms with van der Waals surface area (Å²) in [6.07, 6.45) is 4.83. The van der Waals surface area contributed by atoms with Crippen molar-refractivity contribution in [3.63, 3.8) is 0 Å². The number of hydrogen-bond donors (Lipinski definition) is 2. The average Bonchev–Trinajstić information content (AvgIpc) is 2.52. The van der Waals surface area contributed by atoms with Crippen molar-refractivity contribution in [2.75, 3.05) is 6.54 Å². The van der Waals surface area contributed by atoms with Crippen LogP contribution >= 0.6 is 0 Å². The van der Waals surface area contributed by atoms with E-state index in [1.165, 1.54) is 6.20 Å². The number of nitrogens with one attached hydrogen (secondary N) is 1. The number of rotatable bonds is 5. The zero-order chi connectivity index (χ0) is 10.6. The van der Waals surface area contributed by atoms with E-state index < -0.39 is 12.0 Å². The zero-order valence-corrected chi connectivity index (χ0v) is 7.97. The first-order valence-electron chi connectivity index (χ1n) is 4.20. The fourth-order valence-corrected chi connectivity index (χ4v) is 1.14. The molecule has 0 aliphatic rings. The van der Waals surface area contributed by atoms with Gasteiger partial charge < -0.3 is 5.11 Å². The van der Waals surface area contributed by atoms with Crippen molar-refractivity contribution in [3.05, 3.63) is 30.6 Å². The van der Waals surface area contributed by atoms with Crippen LogP contribution in [0.25, 0.3) is 0 Å². The van der Waals surface area contributed by atoms with Crippen molar-refractivity contribution < 1.29 is 9.90 Å². The molecular formula is C9H13N3O2. The van der Waals surface area contributed by atoms with Crippen LogP contribution in [0.15, 0.2) is 25.0 Å². The Hall–Kier alpha value is -1.62. The van der Waals surface area contributed by atoms with Gasteiger partial charge in [0.15, 0.2) is 0 Å². The number of aryl methyl sites for hydroxylation is 1. The molecule has 5 heteroatoms. The lowest BCUT2D eigenvalue weighted by Crippen LogP contribution is -2.28. The summed E-state index contributed by atoms with van der Waals surface area (Å²) >= 11 is 0. The van der Waals surface area contributed by atoms with Crippen LogP contribution in [0, 0.1) is 0 Å². The topological polar surface area (TPSA) is 67.2 Å². The van der Waals surface area contributed by atoms with Crippen LogP contribution < -0.4 is 5.32 Å². The van der Waals surface area contributed by atoms with E-state index in [1.54, 1.807) is 24.0 Å². The SMILES string of the molecule is C=CCNC(C(=O)O)c1cnn(C)c1. The summed E-state index contributed by atoms with van der Waals surface area (Å²) in [5.74, 6) is -0.917. The van der Waals surface area contributed by atoms with Gasteiger partial charge in [-0.15, -0.1) is 6.58 Å². The van der Waals surface area contributed by atoms with E-state index in [-0.39, 0.29) is 0 Å². The summed E-state index contributed by atoms with van der Waals surface area (Å²) in [6.45, 7) is 3.96. The van der Waals surface area contributed by atoms with Crippen molar-refractivity contribution in [2.24, 2.45) is 7.05 Å². The molecule has 0 aromatic carbocycles. The molecule has 0 bridgehead atoms. The fourth-order valence-electron chi connectivity index (χ4n) is 1.14. The quantitative estimate of drug-likeness (QED) is 0.664. The summed E-state index contributed by atoms with van der Waals surface area (Å²) in [4.78, 5) is 10.9. The van der Waals surface area contributed by atoms with Gasteiger partial charge in [-0.05, 0) is 0 Å². The first-order chi connectivity index (χ1) is 6.65. The lowest BCUT2D eigenvalue weighted by molar-refractivity contribution is -0.139. The average molecular weight is 195 g/mol. The Kier molecular flexibility index (Phi) is 3.41. The summed E-state index contributed by atoms with van der Waals surface area (Å²) in [5, 5.41) is 15.7.